The highest BCUT2D eigenvalue weighted by atomic mass is 31.2. The van der Waals surface area contributed by atoms with Gasteiger partial charge in [0, 0.05) is 20.0 Å². The molecule has 0 radical (unpaired) electrons. The molecule has 0 fully saturated rings. The van der Waals surface area contributed by atoms with Crippen LogP contribution < -0.4 is 0 Å². The minimum Gasteiger partial charge on any atom is -0.462 e. The van der Waals surface area contributed by atoms with Gasteiger partial charge in [-0.2, -0.15) is 0 Å². The van der Waals surface area contributed by atoms with Gasteiger partial charge in [0.05, 0.1) is 6.61 Å². The van der Waals surface area contributed by atoms with Gasteiger partial charge in [0.15, 0.2) is 6.10 Å². The second kappa shape index (κ2) is 34.8. The van der Waals surface area contributed by atoms with Gasteiger partial charge in [0.2, 0.25) is 0 Å². The molecule has 9 heteroatoms. The number of unbranched alkanes of at least 4 members (excludes halogenated alkanes) is 4. The minimum absolute atomic E-state index is 0.160. The number of allylic oxidation sites excluding steroid dienone is 16. The number of rotatable bonds is 31. The minimum atomic E-state index is -4.28. The molecule has 0 aliphatic heterocycles. The van der Waals surface area contributed by atoms with Crippen LogP contribution in [0, 0.1) is 0 Å². The zero-order chi connectivity index (χ0) is 36.1. The van der Waals surface area contributed by atoms with Crippen LogP contribution in [0.1, 0.15) is 117 Å². The maximum Gasteiger partial charge on any atom is 0.472 e. The standard InChI is InChI=1S/C40H63O8P/c1-4-6-8-10-12-14-16-18-19-20-21-23-25-27-29-31-33-35-40(42)48-38(37-47-49(43,44)45-3)36-46-39(41)34-32-30-28-26-24-22-17-15-13-11-9-7-5-2/h6-9,12-15,18-19,21-24,28,30,38H,4-5,10-11,16-17,20,25-27,29,31-37H2,1-3H3,(H,43,44)/b8-6-,9-7-,14-12-,15-13-,19-18-,23-21-,24-22-,30-28-. The van der Waals surface area contributed by atoms with E-state index in [-0.39, 0.29) is 19.4 Å². The fourth-order valence-corrected chi connectivity index (χ4v) is 4.59. The van der Waals surface area contributed by atoms with E-state index in [1.54, 1.807) is 0 Å². The van der Waals surface area contributed by atoms with Crippen LogP contribution in [-0.2, 0) is 32.7 Å². The first-order valence-corrected chi connectivity index (χ1v) is 19.4. The fraction of sp³-hybridized carbons (Fsp3) is 0.550. The van der Waals surface area contributed by atoms with E-state index in [0.717, 1.165) is 84.2 Å². The lowest BCUT2D eigenvalue weighted by Gasteiger charge is -2.19. The molecule has 0 heterocycles. The van der Waals surface area contributed by atoms with Crippen molar-refractivity contribution in [2.75, 3.05) is 20.3 Å². The Labute approximate surface area is 297 Å². The average Bonchev–Trinajstić information content (AvgIpc) is 3.09. The molecule has 8 nitrogen and oxygen atoms in total. The second-order valence-corrected chi connectivity index (χ2v) is 12.8. The third-order valence-corrected chi connectivity index (χ3v) is 7.77. The lowest BCUT2D eigenvalue weighted by Crippen LogP contribution is -2.29. The van der Waals surface area contributed by atoms with Gasteiger partial charge in [0.1, 0.15) is 6.61 Å². The third-order valence-electron chi connectivity index (χ3n) is 6.84. The van der Waals surface area contributed by atoms with Crippen LogP contribution in [-0.4, -0.2) is 43.3 Å². The average molecular weight is 703 g/mol. The summed E-state index contributed by atoms with van der Waals surface area (Å²) >= 11 is 0. The SMILES string of the molecule is CC/C=C\C/C=C\C/C=C\C/C=C\CCCCCCC(=O)OC(COC(=O)CC/C=C\C/C=C\C/C=C\C/C=C\CC)COP(=O)(O)OC. The van der Waals surface area contributed by atoms with Crippen molar-refractivity contribution in [3.05, 3.63) is 97.2 Å². The van der Waals surface area contributed by atoms with E-state index in [4.69, 9.17) is 14.0 Å². The molecule has 0 aliphatic rings. The molecule has 2 atom stereocenters. The number of hydrogen-bond donors (Lipinski definition) is 1. The van der Waals surface area contributed by atoms with E-state index in [1.807, 2.05) is 12.2 Å². The molecule has 0 amide bonds. The van der Waals surface area contributed by atoms with Gasteiger partial charge in [-0.15, -0.1) is 0 Å². The molecule has 2 unspecified atom stereocenters. The molecule has 0 saturated carbocycles. The summed E-state index contributed by atoms with van der Waals surface area (Å²) in [6, 6.07) is 0. The zero-order valence-corrected chi connectivity index (χ0v) is 31.2. The van der Waals surface area contributed by atoms with E-state index in [0.29, 0.717) is 12.8 Å². The Balaban J connectivity index is 4.26. The highest BCUT2D eigenvalue weighted by Gasteiger charge is 2.24. The van der Waals surface area contributed by atoms with Crippen molar-refractivity contribution in [1.82, 2.24) is 0 Å². The van der Waals surface area contributed by atoms with Gasteiger partial charge < -0.3 is 14.4 Å². The first-order chi connectivity index (χ1) is 23.8. The van der Waals surface area contributed by atoms with Gasteiger partial charge in [0.25, 0.3) is 0 Å². The number of ether oxygens (including phenoxy) is 2. The third kappa shape index (κ3) is 34.6. The first-order valence-electron chi connectivity index (χ1n) is 17.9. The van der Waals surface area contributed by atoms with Crippen LogP contribution >= 0.6 is 7.82 Å². The number of esters is 2. The molecule has 0 aromatic heterocycles. The van der Waals surface area contributed by atoms with Crippen LogP contribution in [0.15, 0.2) is 97.2 Å². The number of carbonyl (C=O) groups excluding carboxylic acids is 2. The Morgan fingerprint density at radius 1 is 0.571 bits per heavy atom. The van der Waals surface area contributed by atoms with Crippen molar-refractivity contribution in [3.8, 4) is 0 Å². The van der Waals surface area contributed by atoms with Crippen LogP contribution in [0.3, 0.4) is 0 Å². The second-order valence-electron chi connectivity index (χ2n) is 11.2. The smallest absolute Gasteiger partial charge is 0.462 e. The number of carbonyl (C=O) groups is 2. The lowest BCUT2D eigenvalue weighted by molar-refractivity contribution is -0.161. The van der Waals surface area contributed by atoms with E-state index in [1.165, 1.54) is 0 Å². The zero-order valence-electron chi connectivity index (χ0n) is 30.3. The van der Waals surface area contributed by atoms with Crippen molar-refractivity contribution in [1.29, 1.82) is 0 Å². The highest BCUT2D eigenvalue weighted by molar-refractivity contribution is 7.47. The van der Waals surface area contributed by atoms with Crippen molar-refractivity contribution < 1.29 is 37.6 Å². The van der Waals surface area contributed by atoms with Gasteiger partial charge in [-0.1, -0.05) is 124 Å². The summed E-state index contributed by atoms with van der Waals surface area (Å²) in [5.41, 5.74) is 0. The van der Waals surface area contributed by atoms with E-state index in [9.17, 15) is 19.0 Å². The summed E-state index contributed by atoms with van der Waals surface area (Å²) < 4.78 is 31.7. The van der Waals surface area contributed by atoms with Crippen LogP contribution in [0.5, 0.6) is 0 Å². The van der Waals surface area contributed by atoms with Crippen molar-refractivity contribution in [3.63, 3.8) is 0 Å². The van der Waals surface area contributed by atoms with Crippen LogP contribution in [0.2, 0.25) is 0 Å². The van der Waals surface area contributed by atoms with Crippen LogP contribution in [0.25, 0.3) is 0 Å². The topological polar surface area (TPSA) is 108 Å². The molecule has 276 valence electrons. The van der Waals surface area contributed by atoms with Gasteiger partial charge in [-0.05, 0) is 77.0 Å². The Bertz CT molecular complexity index is 1110. The maximum absolute atomic E-state index is 12.4. The first kappa shape index (κ1) is 46.0. The molecule has 49 heavy (non-hydrogen) atoms. The molecule has 0 bridgehead atoms. The molecule has 1 N–H and O–H groups in total. The highest BCUT2D eigenvalue weighted by Crippen LogP contribution is 2.42. The van der Waals surface area contributed by atoms with E-state index >= 15 is 0 Å². The number of phosphoric acid groups is 1. The summed E-state index contributed by atoms with van der Waals surface area (Å²) in [5.74, 6) is -0.940. The molecule has 0 aromatic carbocycles. The summed E-state index contributed by atoms with van der Waals surface area (Å²) in [6.45, 7) is 3.53. The molecule has 0 rings (SSSR count). The number of phosphoric ester groups is 1. The van der Waals surface area contributed by atoms with Crippen molar-refractivity contribution >= 4 is 19.8 Å². The van der Waals surface area contributed by atoms with Crippen LogP contribution in [0.4, 0.5) is 0 Å². The van der Waals surface area contributed by atoms with Gasteiger partial charge in [-0.3, -0.25) is 18.6 Å². The van der Waals surface area contributed by atoms with E-state index in [2.05, 4.69) is 103 Å². The lowest BCUT2D eigenvalue weighted by atomic mass is 10.1. The quantitative estimate of drug-likeness (QED) is 0.0329. The summed E-state index contributed by atoms with van der Waals surface area (Å²) in [4.78, 5) is 34.2. The molecule has 0 aliphatic carbocycles. The summed E-state index contributed by atoms with van der Waals surface area (Å²) in [6.07, 6.45) is 46.2. The van der Waals surface area contributed by atoms with Crippen molar-refractivity contribution in [2.24, 2.45) is 0 Å². The van der Waals surface area contributed by atoms with Gasteiger partial charge in [-0.25, -0.2) is 4.57 Å². The molecule has 0 spiro atoms. The fourth-order valence-electron chi connectivity index (χ4n) is 4.13. The van der Waals surface area contributed by atoms with E-state index < -0.39 is 32.5 Å². The Hall–Kier alpha value is -3.03. The largest absolute Gasteiger partial charge is 0.472 e. The van der Waals surface area contributed by atoms with Gasteiger partial charge >= 0.3 is 19.8 Å². The predicted molar refractivity (Wildman–Crippen MR) is 202 cm³/mol. The number of hydrogen-bond acceptors (Lipinski definition) is 7. The summed E-state index contributed by atoms with van der Waals surface area (Å²) in [7, 11) is -3.25. The Kier molecular flexibility index (Phi) is 32.7. The molecular weight excluding hydrogens is 639 g/mol. The molecule has 0 aromatic rings. The Morgan fingerprint density at radius 3 is 1.51 bits per heavy atom. The predicted octanol–water partition coefficient (Wildman–Crippen LogP) is 10.9. The molecular formula is C40H63O8P. The monoisotopic (exact) mass is 702 g/mol. The molecule has 0 saturated heterocycles. The maximum atomic E-state index is 12.4. The summed E-state index contributed by atoms with van der Waals surface area (Å²) in [5, 5.41) is 0. The van der Waals surface area contributed by atoms with Crippen molar-refractivity contribution in [2.45, 2.75) is 123 Å². The normalized spacial score (nSPS) is 14.6. The Morgan fingerprint density at radius 2 is 1.02 bits per heavy atom.